The number of aryl methyl sites for hydroxylation is 2. The van der Waals surface area contributed by atoms with Crippen molar-refractivity contribution in [3.8, 4) is 0 Å². The number of hydrogen-bond donors (Lipinski definition) is 2. The number of aromatic nitrogens is 2. The molecule has 1 aromatic rings. The SMILES string of the molecule is CCc1nn(C)c(CC)c1CNC(=NC)NCC1CC1.I. The van der Waals surface area contributed by atoms with Gasteiger partial charge in [-0.2, -0.15) is 5.10 Å². The van der Waals surface area contributed by atoms with Crippen molar-refractivity contribution in [2.45, 2.75) is 46.1 Å². The number of aliphatic imine (C=N–C) groups is 1. The molecule has 6 heteroatoms. The van der Waals surface area contributed by atoms with Gasteiger partial charge in [0.25, 0.3) is 0 Å². The standard InChI is InChI=1S/C15H27N5.HI/c1-5-13-12(14(6-2)20(4)19-13)10-18-15(16-3)17-9-11-7-8-11;/h11H,5-10H2,1-4H3,(H2,16,17,18);1H. The Labute approximate surface area is 145 Å². The van der Waals surface area contributed by atoms with Crippen LogP contribution in [0.1, 0.15) is 43.6 Å². The molecule has 1 aliphatic carbocycles. The summed E-state index contributed by atoms with van der Waals surface area (Å²) in [4.78, 5) is 4.29. The number of hydrogen-bond acceptors (Lipinski definition) is 2. The molecule has 1 aromatic heterocycles. The Balaban J connectivity index is 0.00000220. The van der Waals surface area contributed by atoms with Gasteiger partial charge in [-0.15, -0.1) is 24.0 Å². The molecule has 0 amide bonds. The normalized spacial score (nSPS) is 14.8. The van der Waals surface area contributed by atoms with Crippen molar-refractivity contribution in [2.24, 2.45) is 18.0 Å². The van der Waals surface area contributed by atoms with E-state index in [4.69, 9.17) is 0 Å². The highest BCUT2D eigenvalue weighted by molar-refractivity contribution is 14.0. The van der Waals surface area contributed by atoms with Crippen LogP contribution < -0.4 is 10.6 Å². The molecule has 0 atom stereocenters. The lowest BCUT2D eigenvalue weighted by atomic mass is 10.1. The molecule has 2 N–H and O–H groups in total. The monoisotopic (exact) mass is 405 g/mol. The first kappa shape index (κ1) is 18.3. The molecule has 1 saturated carbocycles. The van der Waals surface area contributed by atoms with Crippen LogP contribution in [0, 0.1) is 5.92 Å². The van der Waals surface area contributed by atoms with Gasteiger partial charge < -0.3 is 10.6 Å². The summed E-state index contributed by atoms with van der Waals surface area (Å²) in [5.41, 5.74) is 3.83. The highest BCUT2D eigenvalue weighted by Gasteiger charge is 2.21. The molecule has 1 fully saturated rings. The van der Waals surface area contributed by atoms with Gasteiger partial charge in [0.15, 0.2) is 5.96 Å². The predicted octanol–water partition coefficient (Wildman–Crippen LogP) is 2.24. The van der Waals surface area contributed by atoms with E-state index in [0.717, 1.165) is 37.8 Å². The van der Waals surface area contributed by atoms with Crippen LogP contribution in [0.15, 0.2) is 4.99 Å². The molecule has 5 nitrogen and oxygen atoms in total. The first-order chi connectivity index (χ1) is 9.69. The van der Waals surface area contributed by atoms with E-state index in [0.29, 0.717) is 0 Å². The smallest absolute Gasteiger partial charge is 0.191 e. The maximum Gasteiger partial charge on any atom is 0.191 e. The number of halogens is 1. The van der Waals surface area contributed by atoms with Gasteiger partial charge in [-0.25, -0.2) is 0 Å². The van der Waals surface area contributed by atoms with E-state index in [9.17, 15) is 0 Å². The molecule has 0 aliphatic heterocycles. The Morgan fingerprint density at radius 2 is 2.00 bits per heavy atom. The molecule has 0 radical (unpaired) electrons. The van der Waals surface area contributed by atoms with Gasteiger partial charge in [-0.1, -0.05) is 13.8 Å². The molecule has 120 valence electrons. The maximum absolute atomic E-state index is 4.60. The molecular formula is C15H28IN5. The third kappa shape index (κ3) is 4.86. The van der Waals surface area contributed by atoms with E-state index < -0.39 is 0 Å². The zero-order valence-corrected chi connectivity index (χ0v) is 15.9. The van der Waals surface area contributed by atoms with Gasteiger partial charge in [0.1, 0.15) is 0 Å². The Kier molecular flexibility index (Phi) is 7.48. The van der Waals surface area contributed by atoms with Crippen molar-refractivity contribution in [1.29, 1.82) is 0 Å². The number of nitrogens with one attached hydrogen (secondary N) is 2. The zero-order chi connectivity index (χ0) is 14.5. The van der Waals surface area contributed by atoms with Gasteiger partial charge in [0, 0.05) is 38.4 Å². The summed E-state index contributed by atoms with van der Waals surface area (Å²) >= 11 is 0. The average molecular weight is 405 g/mol. The minimum atomic E-state index is 0. The summed E-state index contributed by atoms with van der Waals surface area (Å²) in [6, 6.07) is 0. The Hall–Kier alpha value is -0.790. The van der Waals surface area contributed by atoms with Crippen LogP contribution in [0.4, 0.5) is 0 Å². The summed E-state index contributed by atoms with van der Waals surface area (Å²) in [6.07, 6.45) is 4.69. The van der Waals surface area contributed by atoms with Crippen molar-refractivity contribution in [3.05, 3.63) is 17.0 Å². The molecule has 1 heterocycles. The van der Waals surface area contributed by atoms with Gasteiger partial charge in [0.05, 0.1) is 5.69 Å². The van der Waals surface area contributed by atoms with E-state index in [1.165, 1.54) is 29.8 Å². The second-order valence-corrected chi connectivity index (χ2v) is 5.45. The first-order valence-corrected chi connectivity index (χ1v) is 7.67. The second-order valence-electron chi connectivity index (χ2n) is 5.45. The topological polar surface area (TPSA) is 54.2 Å². The van der Waals surface area contributed by atoms with Crippen LogP contribution in [-0.4, -0.2) is 29.3 Å². The van der Waals surface area contributed by atoms with Crippen LogP contribution in [0.3, 0.4) is 0 Å². The summed E-state index contributed by atoms with van der Waals surface area (Å²) in [7, 11) is 3.86. The summed E-state index contributed by atoms with van der Waals surface area (Å²) < 4.78 is 2.01. The average Bonchev–Trinajstić information content (AvgIpc) is 3.22. The molecule has 0 spiro atoms. The van der Waals surface area contributed by atoms with Crippen LogP contribution in [-0.2, 0) is 26.4 Å². The maximum atomic E-state index is 4.60. The van der Waals surface area contributed by atoms with Crippen molar-refractivity contribution < 1.29 is 0 Å². The number of guanidine groups is 1. The van der Waals surface area contributed by atoms with Crippen LogP contribution in [0.2, 0.25) is 0 Å². The fourth-order valence-electron chi connectivity index (χ4n) is 2.55. The highest BCUT2D eigenvalue weighted by Crippen LogP contribution is 2.27. The third-order valence-corrected chi connectivity index (χ3v) is 3.94. The van der Waals surface area contributed by atoms with Gasteiger partial charge in [-0.3, -0.25) is 9.67 Å². The fraction of sp³-hybridized carbons (Fsp3) is 0.733. The largest absolute Gasteiger partial charge is 0.356 e. The third-order valence-electron chi connectivity index (χ3n) is 3.94. The zero-order valence-electron chi connectivity index (χ0n) is 13.6. The first-order valence-electron chi connectivity index (χ1n) is 7.67. The van der Waals surface area contributed by atoms with Crippen molar-refractivity contribution in [3.63, 3.8) is 0 Å². The van der Waals surface area contributed by atoms with E-state index in [-0.39, 0.29) is 24.0 Å². The van der Waals surface area contributed by atoms with Crippen LogP contribution in [0.5, 0.6) is 0 Å². The van der Waals surface area contributed by atoms with Gasteiger partial charge >= 0.3 is 0 Å². The lowest BCUT2D eigenvalue weighted by Gasteiger charge is -2.12. The molecule has 0 unspecified atom stereocenters. The number of nitrogens with zero attached hydrogens (tertiary/aromatic N) is 3. The molecule has 0 saturated heterocycles. The summed E-state index contributed by atoms with van der Waals surface area (Å²) in [5, 5.41) is 11.4. The van der Waals surface area contributed by atoms with Gasteiger partial charge in [0.2, 0.25) is 0 Å². The summed E-state index contributed by atoms with van der Waals surface area (Å²) in [5.74, 6) is 1.74. The Bertz CT molecular complexity index is 477. The summed E-state index contributed by atoms with van der Waals surface area (Å²) in [6.45, 7) is 6.17. The predicted molar refractivity (Wildman–Crippen MR) is 98.3 cm³/mol. The molecule has 0 aromatic carbocycles. The molecule has 21 heavy (non-hydrogen) atoms. The van der Waals surface area contributed by atoms with Crippen molar-refractivity contribution >= 4 is 29.9 Å². The Morgan fingerprint density at radius 3 is 2.52 bits per heavy atom. The Morgan fingerprint density at radius 1 is 1.29 bits per heavy atom. The van der Waals surface area contributed by atoms with E-state index >= 15 is 0 Å². The fourth-order valence-corrected chi connectivity index (χ4v) is 2.55. The van der Waals surface area contributed by atoms with Crippen molar-refractivity contribution in [1.82, 2.24) is 20.4 Å². The highest BCUT2D eigenvalue weighted by atomic mass is 127. The molecule has 0 bridgehead atoms. The van der Waals surface area contributed by atoms with E-state index in [2.05, 4.69) is 34.6 Å². The molecular weight excluding hydrogens is 377 g/mol. The number of rotatable bonds is 6. The van der Waals surface area contributed by atoms with Crippen LogP contribution in [0.25, 0.3) is 0 Å². The van der Waals surface area contributed by atoms with E-state index in [1.54, 1.807) is 0 Å². The van der Waals surface area contributed by atoms with Crippen molar-refractivity contribution in [2.75, 3.05) is 13.6 Å². The molecule has 2 rings (SSSR count). The lowest BCUT2D eigenvalue weighted by Crippen LogP contribution is -2.38. The van der Waals surface area contributed by atoms with Gasteiger partial charge in [-0.05, 0) is 31.6 Å². The minimum absolute atomic E-state index is 0. The lowest BCUT2D eigenvalue weighted by molar-refractivity contribution is 0.701. The second kappa shape index (κ2) is 8.60. The quantitative estimate of drug-likeness (QED) is 0.434. The van der Waals surface area contributed by atoms with Crippen LogP contribution >= 0.6 is 24.0 Å². The minimum Gasteiger partial charge on any atom is -0.356 e. The molecule has 1 aliphatic rings. The van der Waals surface area contributed by atoms with E-state index in [1.807, 2.05) is 18.8 Å².